The van der Waals surface area contributed by atoms with E-state index in [4.69, 9.17) is 9.47 Å². The largest absolute Gasteiger partial charge is 0.494 e. The molecule has 3 aromatic rings. The molecule has 0 aliphatic rings. The van der Waals surface area contributed by atoms with Gasteiger partial charge in [0.05, 0.1) is 18.9 Å². The summed E-state index contributed by atoms with van der Waals surface area (Å²) in [6.07, 6.45) is 0. The predicted molar refractivity (Wildman–Crippen MR) is 126 cm³/mol. The monoisotopic (exact) mass is 474 g/mol. The molecule has 33 heavy (non-hydrogen) atoms. The highest BCUT2D eigenvalue weighted by Crippen LogP contribution is 2.28. The number of rotatable bonds is 11. The van der Waals surface area contributed by atoms with Crippen LogP contribution in [0.25, 0.3) is 5.82 Å². The Morgan fingerprint density at radius 2 is 1.73 bits per heavy atom. The highest BCUT2D eigenvalue weighted by molar-refractivity contribution is 7.89. The maximum Gasteiger partial charge on any atom is 0.244 e. The van der Waals surface area contributed by atoms with E-state index in [1.807, 2.05) is 26.8 Å². The third-order valence-electron chi connectivity index (χ3n) is 4.59. The number of nitrogens with one attached hydrogen (secondary N) is 2. The molecule has 0 amide bonds. The predicted octanol–water partition coefficient (Wildman–Crippen LogP) is 2.78. The number of aromatic nitrogens is 4. The van der Waals surface area contributed by atoms with Crippen LogP contribution in [0.15, 0.2) is 35.2 Å². The molecule has 3 rings (SSSR count). The van der Waals surface area contributed by atoms with Crippen molar-refractivity contribution in [2.24, 2.45) is 0 Å². The molecule has 0 fully saturated rings. The molecule has 0 aliphatic heterocycles. The Kier molecular flexibility index (Phi) is 7.88. The van der Waals surface area contributed by atoms with E-state index in [0.717, 1.165) is 11.4 Å². The fraction of sp³-hybridized carbons (Fsp3) is 0.409. The molecular formula is C22H30N6O4S. The van der Waals surface area contributed by atoms with Crippen LogP contribution >= 0.6 is 0 Å². The van der Waals surface area contributed by atoms with Gasteiger partial charge in [-0.3, -0.25) is 0 Å². The first-order valence-corrected chi connectivity index (χ1v) is 12.2. The highest BCUT2D eigenvalue weighted by atomic mass is 32.2. The molecule has 0 atom stereocenters. The van der Waals surface area contributed by atoms with E-state index in [1.54, 1.807) is 36.7 Å². The molecule has 2 heterocycles. The number of aryl methyl sites for hydroxylation is 3. The summed E-state index contributed by atoms with van der Waals surface area (Å²) in [4.78, 5) is 8.89. The van der Waals surface area contributed by atoms with Gasteiger partial charge < -0.3 is 14.8 Å². The van der Waals surface area contributed by atoms with E-state index in [-0.39, 0.29) is 17.2 Å². The lowest BCUT2D eigenvalue weighted by atomic mass is 10.3. The van der Waals surface area contributed by atoms with Crippen molar-refractivity contribution < 1.29 is 17.9 Å². The van der Waals surface area contributed by atoms with Crippen LogP contribution < -0.4 is 19.5 Å². The molecule has 0 spiro atoms. The molecule has 1 aromatic carbocycles. The summed E-state index contributed by atoms with van der Waals surface area (Å²) in [5.74, 6) is 2.62. The van der Waals surface area contributed by atoms with Crippen molar-refractivity contribution in [3.05, 3.63) is 47.5 Å². The van der Waals surface area contributed by atoms with E-state index in [2.05, 4.69) is 25.1 Å². The van der Waals surface area contributed by atoms with E-state index in [9.17, 15) is 8.42 Å². The highest BCUT2D eigenvalue weighted by Gasteiger charge is 2.20. The standard InChI is InChI=1S/C22H30N6O4S/c1-6-31-18-8-9-20(19(13-18)32-7-2)33(29,30)24-11-10-23-21-14-22(26-17(5)25-21)28-16(4)12-15(3)27-28/h8-9,12-14,24H,6-7,10-11H2,1-5H3,(H,23,25,26). The Bertz CT molecular complexity index is 1210. The first-order chi connectivity index (χ1) is 15.7. The molecule has 0 saturated carbocycles. The Morgan fingerprint density at radius 3 is 2.39 bits per heavy atom. The summed E-state index contributed by atoms with van der Waals surface area (Å²) in [7, 11) is -3.78. The van der Waals surface area contributed by atoms with Crippen LogP contribution in [0.4, 0.5) is 5.82 Å². The fourth-order valence-electron chi connectivity index (χ4n) is 3.30. The van der Waals surface area contributed by atoms with Gasteiger partial charge in [0.2, 0.25) is 10.0 Å². The minimum Gasteiger partial charge on any atom is -0.494 e. The Hall–Kier alpha value is -3.18. The van der Waals surface area contributed by atoms with Crippen molar-refractivity contribution in [1.82, 2.24) is 24.5 Å². The average Bonchev–Trinajstić information content (AvgIpc) is 3.09. The van der Waals surface area contributed by atoms with Gasteiger partial charge >= 0.3 is 0 Å². The molecule has 178 valence electrons. The van der Waals surface area contributed by atoms with E-state index in [1.165, 1.54) is 6.07 Å². The minimum atomic E-state index is -3.78. The zero-order valence-electron chi connectivity index (χ0n) is 19.5. The van der Waals surface area contributed by atoms with Gasteiger partial charge in [0.25, 0.3) is 0 Å². The third-order valence-corrected chi connectivity index (χ3v) is 6.09. The first kappa shape index (κ1) is 24.5. The number of ether oxygens (including phenoxy) is 2. The number of hydrogen-bond donors (Lipinski definition) is 2. The molecule has 0 aliphatic carbocycles. The molecular weight excluding hydrogens is 444 g/mol. The number of sulfonamides is 1. The first-order valence-electron chi connectivity index (χ1n) is 10.8. The molecule has 0 radical (unpaired) electrons. The zero-order chi connectivity index (χ0) is 24.0. The summed E-state index contributed by atoms with van der Waals surface area (Å²) in [6, 6.07) is 8.44. The SMILES string of the molecule is CCOc1ccc(S(=O)(=O)NCCNc2cc(-n3nc(C)cc3C)nc(C)n2)c(OCC)c1. The van der Waals surface area contributed by atoms with Crippen LogP contribution in [0.1, 0.15) is 31.1 Å². The van der Waals surface area contributed by atoms with Gasteiger partial charge in [-0.25, -0.2) is 27.8 Å². The molecule has 10 nitrogen and oxygen atoms in total. The van der Waals surface area contributed by atoms with Crippen LogP contribution in [0.5, 0.6) is 11.5 Å². The Balaban J connectivity index is 1.67. The van der Waals surface area contributed by atoms with Gasteiger partial charge in [0, 0.05) is 30.9 Å². The second-order valence-electron chi connectivity index (χ2n) is 7.30. The lowest BCUT2D eigenvalue weighted by molar-refractivity contribution is 0.317. The van der Waals surface area contributed by atoms with Crippen molar-refractivity contribution in [3.63, 3.8) is 0 Å². The van der Waals surface area contributed by atoms with Crippen molar-refractivity contribution in [2.45, 2.75) is 39.5 Å². The molecule has 2 N–H and O–H groups in total. The molecule has 2 aromatic heterocycles. The number of hydrogen-bond acceptors (Lipinski definition) is 8. The van der Waals surface area contributed by atoms with E-state index in [0.29, 0.717) is 43.0 Å². The van der Waals surface area contributed by atoms with Crippen molar-refractivity contribution in [2.75, 3.05) is 31.6 Å². The van der Waals surface area contributed by atoms with Crippen LogP contribution in [0.2, 0.25) is 0 Å². The average molecular weight is 475 g/mol. The van der Waals surface area contributed by atoms with Crippen LogP contribution in [-0.2, 0) is 10.0 Å². The maximum atomic E-state index is 12.8. The Labute approximate surface area is 194 Å². The second kappa shape index (κ2) is 10.6. The van der Waals surface area contributed by atoms with E-state index < -0.39 is 10.0 Å². The summed E-state index contributed by atoms with van der Waals surface area (Å²) in [6.45, 7) is 10.6. The molecule has 0 saturated heterocycles. The van der Waals surface area contributed by atoms with Crippen LogP contribution in [-0.4, -0.2) is 54.5 Å². The van der Waals surface area contributed by atoms with Gasteiger partial charge in [-0.2, -0.15) is 5.10 Å². The maximum absolute atomic E-state index is 12.8. The summed E-state index contributed by atoms with van der Waals surface area (Å²) in [5.41, 5.74) is 1.86. The van der Waals surface area contributed by atoms with Crippen LogP contribution in [0.3, 0.4) is 0 Å². The van der Waals surface area contributed by atoms with Gasteiger partial charge in [0.1, 0.15) is 28.0 Å². The summed E-state index contributed by atoms with van der Waals surface area (Å²) >= 11 is 0. The zero-order valence-corrected chi connectivity index (χ0v) is 20.4. The molecule has 0 unspecified atom stereocenters. The smallest absolute Gasteiger partial charge is 0.244 e. The lowest BCUT2D eigenvalue weighted by Crippen LogP contribution is -2.29. The van der Waals surface area contributed by atoms with Crippen molar-refractivity contribution >= 4 is 15.8 Å². The van der Waals surface area contributed by atoms with Gasteiger partial charge in [0.15, 0.2) is 5.82 Å². The minimum absolute atomic E-state index is 0.0671. The Morgan fingerprint density at radius 1 is 0.970 bits per heavy atom. The molecule has 0 bridgehead atoms. The number of benzene rings is 1. The quantitative estimate of drug-likeness (QED) is 0.407. The summed E-state index contributed by atoms with van der Waals surface area (Å²) < 4.78 is 41.0. The van der Waals surface area contributed by atoms with Crippen LogP contribution in [0, 0.1) is 20.8 Å². The number of anilines is 1. The normalized spacial score (nSPS) is 11.4. The van der Waals surface area contributed by atoms with Crippen molar-refractivity contribution in [1.29, 1.82) is 0 Å². The summed E-state index contributed by atoms with van der Waals surface area (Å²) in [5, 5.41) is 7.59. The molecule has 11 heteroatoms. The van der Waals surface area contributed by atoms with Gasteiger partial charge in [-0.1, -0.05) is 0 Å². The second-order valence-corrected chi connectivity index (χ2v) is 9.03. The topological polar surface area (TPSA) is 120 Å². The van der Waals surface area contributed by atoms with Gasteiger partial charge in [-0.15, -0.1) is 0 Å². The number of nitrogens with zero attached hydrogens (tertiary/aromatic N) is 4. The third kappa shape index (κ3) is 6.20. The van der Waals surface area contributed by atoms with Crippen molar-refractivity contribution in [3.8, 4) is 17.3 Å². The lowest BCUT2D eigenvalue weighted by Gasteiger charge is -2.14. The fourth-order valence-corrected chi connectivity index (χ4v) is 4.46. The van der Waals surface area contributed by atoms with Gasteiger partial charge in [-0.05, 0) is 52.8 Å². The van der Waals surface area contributed by atoms with E-state index >= 15 is 0 Å².